The van der Waals surface area contributed by atoms with E-state index in [2.05, 4.69) is 15.3 Å². The number of nitro groups is 1. The molecule has 2 aromatic rings. The number of carbonyl (C=O) groups excluding carboxylic acids is 1. The molecule has 3 rings (SSSR count). The third-order valence-electron chi connectivity index (χ3n) is 4.48. The summed E-state index contributed by atoms with van der Waals surface area (Å²) in [7, 11) is 0. The van der Waals surface area contributed by atoms with Crippen LogP contribution in [0.4, 0.5) is 17.3 Å². The molecule has 158 valence electrons. The molecule has 0 spiro atoms. The van der Waals surface area contributed by atoms with Crippen molar-refractivity contribution in [2.45, 2.75) is 26.4 Å². The molecule has 1 aromatic carbocycles. The van der Waals surface area contributed by atoms with Gasteiger partial charge in [0.05, 0.1) is 11.0 Å². The Kier molecular flexibility index (Phi) is 6.83. The topological polar surface area (TPSA) is 110 Å². The smallest absolute Gasteiger partial charge is 0.353 e. The Labute approximate surface area is 178 Å². The zero-order chi connectivity index (χ0) is 21.7. The lowest BCUT2D eigenvalue weighted by Gasteiger charge is -2.27. The van der Waals surface area contributed by atoms with Gasteiger partial charge < -0.3 is 15.0 Å². The minimum Gasteiger partial charge on any atom is -0.462 e. The Morgan fingerprint density at radius 1 is 1.33 bits per heavy atom. The van der Waals surface area contributed by atoms with Crippen molar-refractivity contribution in [2.24, 2.45) is 0 Å². The Morgan fingerprint density at radius 3 is 2.67 bits per heavy atom. The highest BCUT2D eigenvalue weighted by Gasteiger charge is 2.28. The molecule has 1 aliphatic heterocycles. The molecule has 0 unspecified atom stereocenters. The number of ether oxygens (including phenoxy) is 1. The van der Waals surface area contributed by atoms with Crippen molar-refractivity contribution in [3.8, 4) is 0 Å². The van der Waals surface area contributed by atoms with Crippen molar-refractivity contribution < 1.29 is 14.5 Å². The van der Waals surface area contributed by atoms with E-state index in [-0.39, 0.29) is 30.0 Å². The predicted octanol–water partition coefficient (Wildman–Crippen LogP) is 3.70. The lowest BCUT2D eigenvalue weighted by atomic mass is 9.99. The molecule has 0 atom stereocenters. The highest BCUT2D eigenvalue weighted by molar-refractivity contribution is 6.30. The minimum absolute atomic E-state index is 0.0156. The largest absolute Gasteiger partial charge is 0.462 e. The zero-order valence-electron chi connectivity index (χ0n) is 16.7. The van der Waals surface area contributed by atoms with Crippen LogP contribution in [0.15, 0.2) is 36.7 Å². The zero-order valence-corrected chi connectivity index (χ0v) is 17.4. The van der Waals surface area contributed by atoms with Gasteiger partial charge in [0.15, 0.2) is 0 Å². The summed E-state index contributed by atoms with van der Waals surface area (Å²) in [6.45, 7) is 4.25. The quantitative estimate of drug-likeness (QED) is 0.401. The van der Waals surface area contributed by atoms with Crippen molar-refractivity contribution in [3.05, 3.63) is 57.4 Å². The molecule has 2 heterocycles. The first kappa shape index (κ1) is 21.5. The van der Waals surface area contributed by atoms with Gasteiger partial charge in [-0.1, -0.05) is 29.8 Å². The average molecular weight is 432 g/mol. The monoisotopic (exact) mass is 431 g/mol. The van der Waals surface area contributed by atoms with Crippen LogP contribution in [0.1, 0.15) is 25.8 Å². The Balaban J connectivity index is 1.78. The second kappa shape index (κ2) is 9.53. The van der Waals surface area contributed by atoms with Crippen LogP contribution < -0.4 is 10.2 Å². The number of aromatic nitrogens is 2. The first-order chi connectivity index (χ1) is 14.3. The fourth-order valence-electron chi connectivity index (χ4n) is 3.15. The summed E-state index contributed by atoms with van der Waals surface area (Å²) in [5.74, 6) is -0.327. The molecule has 1 aromatic heterocycles. The number of carbonyl (C=O) groups is 1. The van der Waals surface area contributed by atoms with Crippen LogP contribution in [0, 0.1) is 10.1 Å². The number of nitrogens with one attached hydrogen (secondary N) is 1. The third-order valence-corrected chi connectivity index (χ3v) is 4.73. The minimum atomic E-state index is -0.538. The SMILES string of the molecule is CC(C)OC(=O)CNc1ncnc(N2CC=C(c3ccc(Cl)cc3)CC2)c1[N+](=O)[O-]. The number of hydrogen-bond acceptors (Lipinski definition) is 8. The molecular weight excluding hydrogens is 410 g/mol. The van der Waals surface area contributed by atoms with Crippen molar-refractivity contribution in [1.82, 2.24) is 9.97 Å². The molecule has 0 bridgehead atoms. The summed E-state index contributed by atoms with van der Waals surface area (Å²) < 4.78 is 5.04. The van der Waals surface area contributed by atoms with Gasteiger partial charge >= 0.3 is 11.7 Å². The van der Waals surface area contributed by atoms with Gasteiger partial charge in [-0.25, -0.2) is 9.97 Å². The average Bonchev–Trinajstić information content (AvgIpc) is 2.72. The Bertz CT molecular complexity index is 962. The van der Waals surface area contributed by atoms with Crippen LogP contribution in [-0.4, -0.2) is 46.6 Å². The van der Waals surface area contributed by atoms with E-state index in [4.69, 9.17) is 16.3 Å². The molecule has 0 fully saturated rings. The standard InChI is InChI=1S/C20H22ClN5O4/c1-13(2)30-17(27)11-22-19-18(26(28)29)20(24-12-23-19)25-9-7-15(8-10-25)14-3-5-16(21)6-4-14/h3-7,12-13H,8-11H2,1-2H3,(H,22,23,24). The maximum atomic E-state index is 11.8. The van der Waals surface area contributed by atoms with E-state index in [0.717, 1.165) is 11.1 Å². The molecule has 0 aliphatic carbocycles. The van der Waals surface area contributed by atoms with E-state index in [0.29, 0.717) is 24.5 Å². The molecule has 30 heavy (non-hydrogen) atoms. The molecule has 1 aliphatic rings. The van der Waals surface area contributed by atoms with Crippen molar-refractivity contribution in [2.75, 3.05) is 29.9 Å². The lowest BCUT2D eigenvalue weighted by molar-refractivity contribution is -0.383. The van der Waals surface area contributed by atoms with Gasteiger partial charge in [0.1, 0.15) is 12.9 Å². The number of anilines is 2. The fourth-order valence-corrected chi connectivity index (χ4v) is 3.27. The van der Waals surface area contributed by atoms with Crippen molar-refractivity contribution in [1.29, 1.82) is 0 Å². The molecule has 9 nitrogen and oxygen atoms in total. The van der Waals surface area contributed by atoms with Gasteiger partial charge in [-0.2, -0.15) is 0 Å². The van der Waals surface area contributed by atoms with Crippen LogP contribution in [0.5, 0.6) is 0 Å². The molecule has 0 saturated heterocycles. The molecule has 1 N–H and O–H groups in total. The molecular formula is C20H22ClN5O4. The van der Waals surface area contributed by atoms with Crippen molar-refractivity contribution >= 4 is 40.5 Å². The van der Waals surface area contributed by atoms with E-state index in [1.54, 1.807) is 13.8 Å². The first-order valence-corrected chi connectivity index (χ1v) is 9.85. The van der Waals surface area contributed by atoms with Gasteiger partial charge in [-0.05, 0) is 43.5 Å². The van der Waals surface area contributed by atoms with Crippen LogP contribution in [0.3, 0.4) is 0 Å². The molecule has 0 amide bonds. The molecule has 0 saturated carbocycles. The third kappa shape index (κ3) is 5.24. The highest BCUT2D eigenvalue weighted by atomic mass is 35.5. The summed E-state index contributed by atoms with van der Waals surface area (Å²) >= 11 is 5.94. The maximum Gasteiger partial charge on any atom is 0.353 e. The van der Waals surface area contributed by atoms with Crippen LogP contribution in [0.2, 0.25) is 5.02 Å². The van der Waals surface area contributed by atoms with Gasteiger partial charge in [0.25, 0.3) is 0 Å². The van der Waals surface area contributed by atoms with E-state index in [1.165, 1.54) is 6.33 Å². The predicted molar refractivity (Wildman–Crippen MR) is 115 cm³/mol. The van der Waals surface area contributed by atoms with E-state index in [1.807, 2.05) is 35.2 Å². The normalized spacial score (nSPS) is 13.7. The number of hydrogen-bond donors (Lipinski definition) is 1. The summed E-state index contributed by atoms with van der Waals surface area (Å²) in [4.78, 5) is 32.9. The van der Waals surface area contributed by atoms with Gasteiger partial charge in [-0.15, -0.1) is 0 Å². The molecule has 10 heteroatoms. The van der Waals surface area contributed by atoms with Crippen molar-refractivity contribution in [3.63, 3.8) is 0 Å². The van der Waals surface area contributed by atoms with E-state index >= 15 is 0 Å². The summed E-state index contributed by atoms with van der Waals surface area (Å²) in [6, 6.07) is 7.58. The molecule has 0 radical (unpaired) electrons. The van der Waals surface area contributed by atoms with Crippen LogP contribution >= 0.6 is 11.6 Å². The van der Waals surface area contributed by atoms with Gasteiger partial charge in [-0.3, -0.25) is 14.9 Å². The Morgan fingerprint density at radius 2 is 2.07 bits per heavy atom. The van der Waals surface area contributed by atoms with E-state index in [9.17, 15) is 14.9 Å². The summed E-state index contributed by atoms with van der Waals surface area (Å²) in [5.41, 5.74) is 1.95. The second-order valence-electron chi connectivity index (χ2n) is 6.98. The van der Waals surface area contributed by atoms with Gasteiger partial charge in [0.2, 0.25) is 11.6 Å². The lowest BCUT2D eigenvalue weighted by Crippen LogP contribution is -2.30. The highest BCUT2D eigenvalue weighted by Crippen LogP contribution is 2.34. The van der Waals surface area contributed by atoms with Crippen LogP contribution in [0.25, 0.3) is 5.57 Å². The number of benzene rings is 1. The number of nitrogens with zero attached hydrogens (tertiary/aromatic N) is 4. The fraction of sp³-hybridized carbons (Fsp3) is 0.350. The summed E-state index contributed by atoms with van der Waals surface area (Å²) in [6.07, 6.45) is 3.69. The van der Waals surface area contributed by atoms with E-state index < -0.39 is 10.9 Å². The second-order valence-corrected chi connectivity index (χ2v) is 7.41. The Hall–Kier alpha value is -3.20. The van der Waals surface area contributed by atoms with Crippen LogP contribution in [-0.2, 0) is 9.53 Å². The van der Waals surface area contributed by atoms with Gasteiger partial charge in [0, 0.05) is 18.1 Å². The summed E-state index contributed by atoms with van der Waals surface area (Å²) in [5, 5.41) is 15.1. The number of rotatable bonds is 7. The number of halogens is 1. The first-order valence-electron chi connectivity index (χ1n) is 9.48. The number of esters is 1. The maximum absolute atomic E-state index is 11.8.